The first-order valence-corrected chi connectivity index (χ1v) is 8.47. The van der Waals surface area contributed by atoms with Crippen molar-refractivity contribution >= 4 is 36.4 Å². The Labute approximate surface area is 158 Å². The maximum absolute atomic E-state index is 12.3. The van der Waals surface area contributed by atoms with Crippen molar-refractivity contribution in [1.82, 2.24) is 5.32 Å². The number of carbonyl (C=O) groups is 1. The quantitative estimate of drug-likeness (QED) is 0.795. The normalized spacial score (nSPS) is 19.6. The van der Waals surface area contributed by atoms with E-state index >= 15 is 0 Å². The number of nitrogens with one attached hydrogen (secondary N) is 1. The minimum absolute atomic E-state index is 0. The zero-order chi connectivity index (χ0) is 15.9. The monoisotopic (exact) mass is 375 g/mol. The third-order valence-electron chi connectivity index (χ3n) is 4.52. The van der Waals surface area contributed by atoms with Gasteiger partial charge in [0, 0.05) is 36.9 Å². The highest BCUT2D eigenvalue weighted by Crippen LogP contribution is 2.18. The Morgan fingerprint density at radius 2 is 1.75 bits per heavy atom. The Morgan fingerprint density at radius 1 is 1.17 bits per heavy atom. The summed E-state index contributed by atoms with van der Waals surface area (Å²) in [6.07, 6.45) is 6.37. The molecule has 0 saturated heterocycles. The van der Waals surface area contributed by atoms with E-state index in [0.29, 0.717) is 6.04 Å². The average Bonchev–Trinajstić information content (AvgIpc) is 2.55. The number of benzene rings is 1. The van der Waals surface area contributed by atoms with Crippen LogP contribution < -0.4 is 16.0 Å². The van der Waals surface area contributed by atoms with Gasteiger partial charge in [-0.25, -0.2) is 0 Å². The molecule has 3 N–H and O–H groups in total. The van der Waals surface area contributed by atoms with Crippen molar-refractivity contribution in [2.24, 2.45) is 5.73 Å². The van der Waals surface area contributed by atoms with Gasteiger partial charge in [-0.2, -0.15) is 0 Å². The van der Waals surface area contributed by atoms with Crippen molar-refractivity contribution in [3.05, 3.63) is 29.8 Å². The fourth-order valence-corrected chi connectivity index (χ4v) is 2.92. The van der Waals surface area contributed by atoms with Gasteiger partial charge in [-0.15, -0.1) is 24.8 Å². The van der Waals surface area contributed by atoms with Crippen molar-refractivity contribution in [3.8, 4) is 0 Å². The van der Waals surface area contributed by atoms with Crippen molar-refractivity contribution < 1.29 is 4.79 Å². The summed E-state index contributed by atoms with van der Waals surface area (Å²) in [5.74, 6) is 0.0308. The maximum Gasteiger partial charge on any atom is 0.251 e. The summed E-state index contributed by atoms with van der Waals surface area (Å²) in [7, 11) is 2.09. The van der Waals surface area contributed by atoms with Crippen molar-refractivity contribution in [2.75, 3.05) is 18.5 Å². The van der Waals surface area contributed by atoms with Gasteiger partial charge < -0.3 is 16.0 Å². The van der Waals surface area contributed by atoms with Crippen LogP contribution in [0.1, 0.15) is 55.8 Å². The van der Waals surface area contributed by atoms with Crippen LogP contribution in [0.3, 0.4) is 0 Å². The summed E-state index contributed by atoms with van der Waals surface area (Å²) in [4.78, 5) is 14.5. The molecule has 0 heterocycles. The molecule has 1 aliphatic rings. The lowest BCUT2D eigenvalue weighted by Crippen LogP contribution is -2.40. The predicted molar refractivity (Wildman–Crippen MR) is 107 cm³/mol. The van der Waals surface area contributed by atoms with E-state index in [4.69, 9.17) is 5.73 Å². The molecule has 1 aliphatic carbocycles. The number of unbranched alkanes of at least 4 members (excludes halogenated alkanes) is 1. The van der Waals surface area contributed by atoms with Crippen molar-refractivity contribution in [2.45, 2.75) is 57.5 Å². The molecular weight excluding hydrogens is 345 g/mol. The molecule has 138 valence electrons. The first kappa shape index (κ1) is 23.0. The second kappa shape index (κ2) is 11.6. The molecule has 0 aliphatic heterocycles. The van der Waals surface area contributed by atoms with E-state index in [1.165, 1.54) is 12.8 Å². The van der Waals surface area contributed by atoms with Crippen LogP contribution in [0.5, 0.6) is 0 Å². The van der Waals surface area contributed by atoms with E-state index < -0.39 is 0 Å². The topological polar surface area (TPSA) is 58.4 Å². The number of hydrogen-bond donors (Lipinski definition) is 2. The van der Waals surface area contributed by atoms with Gasteiger partial charge in [0.2, 0.25) is 0 Å². The number of halogens is 2. The third-order valence-corrected chi connectivity index (χ3v) is 4.52. The second-order valence-electron chi connectivity index (χ2n) is 6.41. The summed E-state index contributed by atoms with van der Waals surface area (Å²) < 4.78 is 0. The van der Waals surface area contributed by atoms with Crippen LogP contribution in [0.15, 0.2) is 24.3 Å². The van der Waals surface area contributed by atoms with Crippen LogP contribution in [0, 0.1) is 0 Å². The third kappa shape index (κ3) is 6.88. The highest BCUT2D eigenvalue weighted by molar-refractivity contribution is 5.94. The number of nitrogens with two attached hydrogens (primary N) is 1. The number of nitrogens with zero attached hydrogens (tertiary/aromatic N) is 1. The van der Waals surface area contributed by atoms with Gasteiger partial charge in [0.25, 0.3) is 5.91 Å². The van der Waals surface area contributed by atoms with E-state index in [1.807, 2.05) is 24.3 Å². The lowest BCUT2D eigenvalue weighted by molar-refractivity contribution is 0.0926. The van der Waals surface area contributed by atoms with Gasteiger partial charge in [0.15, 0.2) is 0 Å². The highest BCUT2D eigenvalue weighted by Gasteiger charge is 2.20. The molecule has 2 rings (SSSR count). The molecule has 24 heavy (non-hydrogen) atoms. The van der Waals surface area contributed by atoms with Crippen LogP contribution >= 0.6 is 24.8 Å². The molecule has 1 aromatic rings. The first-order chi connectivity index (χ1) is 10.6. The van der Waals surface area contributed by atoms with Gasteiger partial charge in [0.1, 0.15) is 0 Å². The number of rotatable bonds is 6. The van der Waals surface area contributed by atoms with Crippen LogP contribution in [-0.2, 0) is 0 Å². The van der Waals surface area contributed by atoms with Gasteiger partial charge >= 0.3 is 0 Å². The fraction of sp³-hybridized carbons (Fsp3) is 0.611. The molecule has 1 fully saturated rings. The molecule has 0 spiro atoms. The molecule has 0 radical (unpaired) electrons. The molecule has 0 atom stereocenters. The number of hydrogen-bond acceptors (Lipinski definition) is 3. The fourth-order valence-electron chi connectivity index (χ4n) is 2.92. The lowest BCUT2D eigenvalue weighted by Gasteiger charge is -2.27. The Balaban J connectivity index is 0.00000264. The van der Waals surface area contributed by atoms with E-state index in [2.05, 4.69) is 24.2 Å². The molecule has 1 aromatic carbocycles. The zero-order valence-electron chi connectivity index (χ0n) is 14.7. The second-order valence-corrected chi connectivity index (χ2v) is 6.41. The van der Waals surface area contributed by atoms with E-state index in [1.54, 1.807) is 0 Å². The Bertz CT molecular complexity index is 474. The molecule has 4 nitrogen and oxygen atoms in total. The maximum atomic E-state index is 12.3. The molecule has 1 saturated carbocycles. The highest BCUT2D eigenvalue weighted by atomic mass is 35.5. The summed E-state index contributed by atoms with van der Waals surface area (Å²) >= 11 is 0. The Morgan fingerprint density at radius 3 is 2.29 bits per heavy atom. The minimum Gasteiger partial charge on any atom is -0.375 e. The zero-order valence-corrected chi connectivity index (χ0v) is 16.3. The first-order valence-electron chi connectivity index (χ1n) is 8.47. The number of carbonyl (C=O) groups excluding carboxylic acids is 1. The Kier molecular flexibility index (Phi) is 11.1. The van der Waals surface area contributed by atoms with Crippen LogP contribution in [-0.4, -0.2) is 31.6 Å². The summed E-state index contributed by atoms with van der Waals surface area (Å²) in [5.41, 5.74) is 7.80. The number of anilines is 1. The van der Waals surface area contributed by atoms with Crippen molar-refractivity contribution in [3.63, 3.8) is 0 Å². The molecular formula is C18H31Cl2N3O. The van der Waals surface area contributed by atoms with E-state index in [9.17, 15) is 4.79 Å². The molecule has 6 heteroatoms. The molecule has 0 bridgehead atoms. The van der Waals surface area contributed by atoms with Gasteiger partial charge in [-0.3, -0.25) is 4.79 Å². The Hall–Kier alpha value is -0.970. The molecule has 0 aromatic heterocycles. The molecule has 0 unspecified atom stereocenters. The van der Waals surface area contributed by atoms with Crippen LogP contribution in [0.25, 0.3) is 0 Å². The van der Waals surface area contributed by atoms with Crippen LogP contribution in [0.2, 0.25) is 0 Å². The van der Waals surface area contributed by atoms with Gasteiger partial charge in [0.05, 0.1) is 0 Å². The average molecular weight is 376 g/mol. The predicted octanol–water partition coefficient (Wildman–Crippen LogP) is 3.77. The molecule has 1 amide bonds. The van der Waals surface area contributed by atoms with E-state index in [0.717, 1.165) is 43.5 Å². The summed E-state index contributed by atoms with van der Waals surface area (Å²) in [6.45, 7) is 3.24. The lowest BCUT2D eigenvalue weighted by atomic mass is 9.91. The van der Waals surface area contributed by atoms with E-state index in [-0.39, 0.29) is 36.8 Å². The van der Waals surface area contributed by atoms with Crippen LogP contribution in [0.4, 0.5) is 5.69 Å². The summed E-state index contributed by atoms with van der Waals surface area (Å²) in [6, 6.07) is 8.48. The van der Waals surface area contributed by atoms with Crippen molar-refractivity contribution in [1.29, 1.82) is 0 Å². The smallest absolute Gasteiger partial charge is 0.251 e. The standard InChI is InChI=1S/C18H29N3O.2ClH/c1-3-4-13-21(2)17-11-5-14(6-12-17)18(22)20-16-9-7-15(19)8-10-16;;/h5-6,11-12,15-16H,3-4,7-10,13,19H2,1-2H3,(H,20,22);2*1H. The SMILES string of the molecule is CCCCN(C)c1ccc(C(=O)NC2CCC(N)CC2)cc1.Cl.Cl. The largest absolute Gasteiger partial charge is 0.375 e. The summed E-state index contributed by atoms with van der Waals surface area (Å²) in [5, 5.41) is 3.13. The van der Waals surface area contributed by atoms with Gasteiger partial charge in [-0.05, 0) is 56.4 Å². The van der Waals surface area contributed by atoms with Gasteiger partial charge in [-0.1, -0.05) is 13.3 Å². The minimum atomic E-state index is 0. The number of amides is 1.